The number of nitrogens with two attached hydrogens (primary N) is 1. The monoisotopic (exact) mass is 160 g/mol. The molecule has 0 fully saturated rings. The average Bonchev–Trinajstić information content (AvgIpc) is 2.03. The summed E-state index contributed by atoms with van der Waals surface area (Å²) in [6.07, 6.45) is 0. The predicted molar refractivity (Wildman–Crippen MR) is 48.2 cm³/mol. The van der Waals surface area contributed by atoms with Gasteiger partial charge in [-0.1, -0.05) is 12.1 Å². The molecule has 0 unspecified atom stereocenters. The van der Waals surface area contributed by atoms with Crippen molar-refractivity contribution in [3.63, 3.8) is 0 Å². The Hall–Kier alpha value is -2.02. The molecule has 4 N–H and O–H groups in total. The molecule has 0 heterocycles. The number of rotatable bonds is 1. The van der Waals surface area contributed by atoms with E-state index in [2.05, 4.69) is 10.2 Å². The second-order valence-electron chi connectivity index (χ2n) is 2.20. The Morgan fingerprint density at radius 1 is 1.58 bits per heavy atom. The standard InChI is InChI=1S/C8H8N4/c1-11-6-3-2-4-7(5-6)12-8(9)10/h2-5H,(H4,9,10,12). The maximum absolute atomic E-state index is 6.95. The molecular formula is C8H8N4. The van der Waals surface area contributed by atoms with Crippen molar-refractivity contribution in [2.24, 2.45) is 5.73 Å². The Morgan fingerprint density at radius 2 is 2.33 bits per heavy atom. The molecule has 1 aromatic rings. The molecule has 0 spiro atoms. The lowest BCUT2D eigenvalue weighted by Crippen LogP contribution is -2.20. The van der Waals surface area contributed by atoms with Crippen LogP contribution in [0, 0.1) is 12.0 Å². The third kappa shape index (κ3) is 1.99. The maximum Gasteiger partial charge on any atom is 0.190 e. The van der Waals surface area contributed by atoms with Gasteiger partial charge >= 0.3 is 0 Å². The van der Waals surface area contributed by atoms with Crippen molar-refractivity contribution in [3.05, 3.63) is 35.7 Å². The minimum atomic E-state index is -0.128. The third-order valence-corrected chi connectivity index (χ3v) is 1.25. The maximum atomic E-state index is 6.95. The molecule has 0 aliphatic carbocycles. The highest BCUT2D eigenvalue weighted by atomic mass is 15.0. The van der Waals surface area contributed by atoms with Gasteiger partial charge in [-0.05, 0) is 12.1 Å². The largest absolute Gasteiger partial charge is 0.370 e. The molecule has 12 heavy (non-hydrogen) atoms. The lowest BCUT2D eigenvalue weighted by molar-refractivity contribution is 1.41. The summed E-state index contributed by atoms with van der Waals surface area (Å²) in [6.45, 7) is 6.74. The minimum Gasteiger partial charge on any atom is -0.370 e. The molecule has 0 aromatic heterocycles. The highest BCUT2D eigenvalue weighted by molar-refractivity contribution is 5.90. The van der Waals surface area contributed by atoms with Gasteiger partial charge in [0.05, 0.1) is 6.57 Å². The van der Waals surface area contributed by atoms with Gasteiger partial charge in [0, 0.05) is 5.69 Å². The van der Waals surface area contributed by atoms with Crippen LogP contribution in [-0.2, 0) is 0 Å². The summed E-state index contributed by atoms with van der Waals surface area (Å²) in [4.78, 5) is 3.24. The van der Waals surface area contributed by atoms with Crippen molar-refractivity contribution in [3.8, 4) is 0 Å². The van der Waals surface area contributed by atoms with E-state index in [9.17, 15) is 0 Å². The number of nitrogens with zero attached hydrogens (tertiary/aromatic N) is 1. The van der Waals surface area contributed by atoms with E-state index in [1.807, 2.05) is 0 Å². The molecule has 1 rings (SSSR count). The van der Waals surface area contributed by atoms with Crippen molar-refractivity contribution in [1.29, 1.82) is 5.41 Å². The molecule has 0 saturated carbocycles. The molecule has 0 amide bonds. The Kier molecular flexibility index (Phi) is 2.29. The molecular weight excluding hydrogens is 152 g/mol. The molecule has 4 nitrogen and oxygen atoms in total. The van der Waals surface area contributed by atoms with Crippen LogP contribution in [0.1, 0.15) is 0 Å². The smallest absolute Gasteiger partial charge is 0.190 e. The molecule has 0 bridgehead atoms. The van der Waals surface area contributed by atoms with Crippen LogP contribution in [0.4, 0.5) is 11.4 Å². The summed E-state index contributed by atoms with van der Waals surface area (Å²) in [6, 6.07) is 6.81. The Bertz CT molecular complexity index is 337. The van der Waals surface area contributed by atoms with E-state index in [1.54, 1.807) is 24.3 Å². The molecule has 0 radical (unpaired) electrons. The van der Waals surface area contributed by atoms with Gasteiger partial charge in [-0.2, -0.15) is 0 Å². The van der Waals surface area contributed by atoms with Gasteiger partial charge in [0.2, 0.25) is 0 Å². The van der Waals surface area contributed by atoms with Crippen LogP contribution < -0.4 is 11.1 Å². The molecule has 0 saturated heterocycles. The van der Waals surface area contributed by atoms with Gasteiger partial charge in [0.15, 0.2) is 11.6 Å². The Balaban J connectivity index is 2.88. The number of benzene rings is 1. The summed E-state index contributed by atoms with van der Waals surface area (Å²) in [5.74, 6) is -0.128. The Labute approximate surface area is 70.3 Å². The van der Waals surface area contributed by atoms with Crippen LogP contribution in [-0.4, -0.2) is 5.96 Å². The zero-order valence-corrected chi connectivity index (χ0v) is 6.33. The lowest BCUT2D eigenvalue weighted by atomic mass is 10.3. The van der Waals surface area contributed by atoms with E-state index >= 15 is 0 Å². The van der Waals surface area contributed by atoms with Gasteiger partial charge in [-0.25, -0.2) is 4.85 Å². The van der Waals surface area contributed by atoms with Gasteiger partial charge in [0.1, 0.15) is 0 Å². The highest BCUT2D eigenvalue weighted by Crippen LogP contribution is 2.16. The van der Waals surface area contributed by atoms with E-state index in [0.29, 0.717) is 11.4 Å². The predicted octanol–water partition coefficient (Wildman–Crippen LogP) is 1.54. The lowest BCUT2D eigenvalue weighted by Gasteiger charge is -2.02. The summed E-state index contributed by atoms with van der Waals surface area (Å²) in [7, 11) is 0. The van der Waals surface area contributed by atoms with Crippen LogP contribution in [0.5, 0.6) is 0 Å². The topological polar surface area (TPSA) is 66.3 Å². The first-order valence-corrected chi connectivity index (χ1v) is 3.31. The quantitative estimate of drug-likeness (QED) is 0.331. The van der Waals surface area contributed by atoms with Crippen molar-refractivity contribution < 1.29 is 0 Å². The molecule has 1 aromatic carbocycles. The molecule has 60 valence electrons. The van der Waals surface area contributed by atoms with Gasteiger partial charge in [0.25, 0.3) is 0 Å². The number of nitrogens with one attached hydrogen (secondary N) is 2. The van der Waals surface area contributed by atoms with E-state index < -0.39 is 0 Å². The second kappa shape index (κ2) is 3.39. The van der Waals surface area contributed by atoms with Gasteiger partial charge < -0.3 is 11.1 Å². The van der Waals surface area contributed by atoms with Crippen LogP contribution in [0.3, 0.4) is 0 Å². The molecule has 0 aliphatic heterocycles. The van der Waals surface area contributed by atoms with Crippen molar-refractivity contribution in [1.82, 2.24) is 0 Å². The zero-order valence-electron chi connectivity index (χ0n) is 6.33. The summed E-state index contributed by atoms with van der Waals surface area (Å²) >= 11 is 0. The average molecular weight is 160 g/mol. The number of hydrogen-bond donors (Lipinski definition) is 3. The first-order chi connectivity index (χ1) is 5.72. The van der Waals surface area contributed by atoms with Crippen molar-refractivity contribution in [2.75, 3.05) is 5.32 Å². The van der Waals surface area contributed by atoms with Crippen molar-refractivity contribution in [2.45, 2.75) is 0 Å². The van der Waals surface area contributed by atoms with Crippen LogP contribution in [0.25, 0.3) is 4.85 Å². The Morgan fingerprint density at radius 3 is 2.92 bits per heavy atom. The minimum absolute atomic E-state index is 0.128. The zero-order chi connectivity index (χ0) is 8.97. The van der Waals surface area contributed by atoms with Gasteiger partial charge in [-0.15, -0.1) is 0 Å². The first kappa shape index (κ1) is 8.08. The molecule has 0 atom stereocenters. The third-order valence-electron chi connectivity index (χ3n) is 1.25. The molecule has 4 heteroatoms. The number of hydrogen-bond acceptors (Lipinski definition) is 1. The van der Waals surface area contributed by atoms with E-state index in [1.165, 1.54) is 0 Å². The van der Waals surface area contributed by atoms with E-state index in [-0.39, 0.29) is 5.96 Å². The normalized spacial score (nSPS) is 8.58. The fourth-order valence-electron chi connectivity index (χ4n) is 0.809. The number of guanidine groups is 1. The second-order valence-corrected chi connectivity index (χ2v) is 2.20. The summed E-state index contributed by atoms with van der Waals surface area (Å²) < 4.78 is 0. The van der Waals surface area contributed by atoms with Crippen LogP contribution in [0.15, 0.2) is 24.3 Å². The first-order valence-electron chi connectivity index (χ1n) is 3.31. The molecule has 0 aliphatic rings. The SMILES string of the molecule is [C-]#[N+]c1cccc(NC(=N)N)c1. The van der Waals surface area contributed by atoms with Crippen LogP contribution >= 0.6 is 0 Å². The highest BCUT2D eigenvalue weighted by Gasteiger charge is 1.94. The van der Waals surface area contributed by atoms with Gasteiger partial charge in [-0.3, -0.25) is 5.41 Å². The van der Waals surface area contributed by atoms with E-state index in [0.717, 1.165) is 0 Å². The van der Waals surface area contributed by atoms with Crippen LogP contribution in [0.2, 0.25) is 0 Å². The van der Waals surface area contributed by atoms with E-state index in [4.69, 9.17) is 17.7 Å². The fourth-order valence-corrected chi connectivity index (χ4v) is 0.809. The van der Waals surface area contributed by atoms with Crippen molar-refractivity contribution >= 4 is 17.3 Å². The fraction of sp³-hybridized carbons (Fsp3) is 0. The summed E-state index contributed by atoms with van der Waals surface area (Å²) in [5, 5.41) is 9.55. The summed E-state index contributed by atoms with van der Waals surface area (Å²) in [5.41, 5.74) is 6.30. The number of anilines is 1.